The van der Waals surface area contributed by atoms with Gasteiger partial charge < -0.3 is 24.3 Å². The maximum Gasteiger partial charge on any atom is 0.325 e. The SMILES string of the molecule is CCOc1ccc(C(=O)NCC(=O)OCCOc2ccccc2F)cc1OCC. The van der Waals surface area contributed by atoms with E-state index in [4.69, 9.17) is 18.9 Å². The van der Waals surface area contributed by atoms with Crippen LogP contribution in [-0.4, -0.2) is 44.8 Å². The van der Waals surface area contributed by atoms with Gasteiger partial charge in [0.1, 0.15) is 19.8 Å². The van der Waals surface area contributed by atoms with Crippen LogP contribution in [0.4, 0.5) is 4.39 Å². The highest BCUT2D eigenvalue weighted by Crippen LogP contribution is 2.28. The monoisotopic (exact) mass is 405 g/mol. The number of hydrogen-bond acceptors (Lipinski definition) is 6. The third-order valence-corrected chi connectivity index (χ3v) is 3.64. The van der Waals surface area contributed by atoms with Gasteiger partial charge in [0.05, 0.1) is 13.2 Å². The molecule has 1 amide bonds. The number of benzene rings is 2. The fraction of sp³-hybridized carbons (Fsp3) is 0.333. The minimum absolute atomic E-state index is 0.00275. The lowest BCUT2D eigenvalue weighted by molar-refractivity contribution is -0.143. The lowest BCUT2D eigenvalue weighted by atomic mass is 10.2. The van der Waals surface area contributed by atoms with Crippen LogP contribution in [-0.2, 0) is 9.53 Å². The lowest BCUT2D eigenvalue weighted by Crippen LogP contribution is -2.31. The van der Waals surface area contributed by atoms with Crippen molar-refractivity contribution in [3.63, 3.8) is 0 Å². The van der Waals surface area contributed by atoms with Crippen molar-refractivity contribution >= 4 is 11.9 Å². The topological polar surface area (TPSA) is 83.1 Å². The molecule has 2 rings (SSSR count). The second kappa shape index (κ2) is 11.5. The van der Waals surface area contributed by atoms with Gasteiger partial charge in [0.25, 0.3) is 5.91 Å². The summed E-state index contributed by atoms with van der Waals surface area (Å²) < 4.78 is 34.5. The molecule has 0 aromatic heterocycles. The minimum Gasteiger partial charge on any atom is -0.490 e. The summed E-state index contributed by atoms with van der Waals surface area (Å²) in [5.41, 5.74) is 0.326. The Labute approximate surface area is 168 Å². The first-order valence-corrected chi connectivity index (χ1v) is 9.26. The number of esters is 1. The molecular formula is C21H24FNO6. The predicted molar refractivity (Wildman–Crippen MR) is 104 cm³/mol. The Balaban J connectivity index is 1.77. The first-order chi connectivity index (χ1) is 14.0. The smallest absolute Gasteiger partial charge is 0.325 e. The summed E-state index contributed by atoms with van der Waals surface area (Å²) >= 11 is 0. The van der Waals surface area contributed by atoms with E-state index >= 15 is 0 Å². The Hall–Kier alpha value is -3.29. The molecule has 2 aromatic carbocycles. The van der Waals surface area contributed by atoms with Crippen LogP contribution in [0.5, 0.6) is 17.2 Å². The molecule has 0 unspecified atom stereocenters. The average Bonchev–Trinajstić information content (AvgIpc) is 2.72. The zero-order valence-corrected chi connectivity index (χ0v) is 16.4. The second-order valence-electron chi connectivity index (χ2n) is 5.71. The first-order valence-electron chi connectivity index (χ1n) is 9.26. The second-order valence-corrected chi connectivity index (χ2v) is 5.71. The molecule has 0 spiro atoms. The normalized spacial score (nSPS) is 10.2. The van der Waals surface area contributed by atoms with Crippen LogP contribution in [0.25, 0.3) is 0 Å². The average molecular weight is 405 g/mol. The van der Waals surface area contributed by atoms with Crippen LogP contribution in [0.2, 0.25) is 0 Å². The summed E-state index contributed by atoms with van der Waals surface area (Å²) in [6.45, 7) is 4.19. The molecule has 0 saturated carbocycles. The van der Waals surface area contributed by atoms with Gasteiger partial charge in [-0.3, -0.25) is 9.59 Å². The van der Waals surface area contributed by atoms with Gasteiger partial charge in [-0.2, -0.15) is 0 Å². The van der Waals surface area contributed by atoms with Crippen molar-refractivity contribution < 1.29 is 32.9 Å². The van der Waals surface area contributed by atoms with E-state index in [0.717, 1.165) is 0 Å². The number of carbonyl (C=O) groups excluding carboxylic acids is 2. The fourth-order valence-corrected chi connectivity index (χ4v) is 2.37. The fourth-order valence-electron chi connectivity index (χ4n) is 2.37. The number of hydrogen-bond donors (Lipinski definition) is 1. The molecule has 0 aliphatic carbocycles. The zero-order chi connectivity index (χ0) is 21.1. The molecule has 8 heteroatoms. The molecule has 0 heterocycles. The maximum atomic E-state index is 13.4. The van der Waals surface area contributed by atoms with Gasteiger partial charge >= 0.3 is 5.97 Å². The minimum atomic E-state index is -0.633. The van der Waals surface area contributed by atoms with Crippen LogP contribution >= 0.6 is 0 Å². The lowest BCUT2D eigenvalue weighted by Gasteiger charge is -2.12. The molecule has 0 bridgehead atoms. The molecule has 1 N–H and O–H groups in total. The van der Waals surface area contributed by atoms with Gasteiger partial charge in [0, 0.05) is 5.56 Å². The number of ether oxygens (including phenoxy) is 4. The predicted octanol–water partition coefficient (Wildman–Crippen LogP) is 2.98. The number of rotatable bonds is 11. The van der Waals surface area contributed by atoms with Crippen LogP contribution in [0.15, 0.2) is 42.5 Å². The number of nitrogens with one attached hydrogen (secondary N) is 1. The largest absolute Gasteiger partial charge is 0.490 e. The van der Waals surface area contributed by atoms with Crippen molar-refractivity contribution in [2.24, 2.45) is 0 Å². The highest BCUT2D eigenvalue weighted by atomic mass is 19.1. The van der Waals surface area contributed by atoms with Crippen molar-refractivity contribution in [2.75, 3.05) is 33.0 Å². The number of halogens is 1. The van der Waals surface area contributed by atoms with Crippen molar-refractivity contribution in [2.45, 2.75) is 13.8 Å². The van der Waals surface area contributed by atoms with E-state index in [1.54, 1.807) is 30.3 Å². The summed E-state index contributed by atoms with van der Waals surface area (Å²) in [6, 6.07) is 10.7. The molecule has 0 aliphatic rings. The molecule has 29 heavy (non-hydrogen) atoms. The van der Waals surface area contributed by atoms with Gasteiger partial charge in [-0.1, -0.05) is 12.1 Å². The number of amides is 1. The molecule has 0 radical (unpaired) electrons. The maximum absolute atomic E-state index is 13.4. The quantitative estimate of drug-likeness (QED) is 0.457. The molecule has 156 valence electrons. The number of para-hydroxylation sites is 1. The Morgan fingerprint density at radius 1 is 0.897 bits per heavy atom. The van der Waals surface area contributed by atoms with Crippen molar-refractivity contribution in [1.82, 2.24) is 5.32 Å². The van der Waals surface area contributed by atoms with Gasteiger partial charge in [-0.25, -0.2) is 4.39 Å². The van der Waals surface area contributed by atoms with Gasteiger partial charge in [-0.05, 0) is 44.2 Å². The molecule has 0 atom stereocenters. The van der Waals surface area contributed by atoms with Crippen LogP contribution in [0.3, 0.4) is 0 Å². The Morgan fingerprint density at radius 3 is 2.34 bits per heavy atom. The van der Waals surface area contributed by atoms with Crippen LogP contribution < -0.4 is 19.5 Å². The highest BCUT2D eigenvalue weighted by molar-refractivity contribution is 5.96. The van der Waals surface area contributed by atoms with E-state index in [0.29, 0.717) is 30.3 Å². The van der Waals surface area contributed by atoms with Gasteiger partial charge in [0.2, 0.25) is 0 Å². The summed E-state index contributed by atoms with van der Waals surface area (Å²) in [5.74, 6) is -0.500. The molecule has 0 aliphatic heterocycles. The summed E-state index contributed by atoms with van der Waals surface area (Å²) in [5, 5.41) is 2.48. The van der Waals surface area contributed by atoms with E-state index in [-0.39, 0.29) is 25.5 Å². The summed E-state index contributed by atoms with van der Waals surface area (Å²) in [6.07, 6.45) is 0. The molecule has 0 fully saturated rings. The van der Waals surface area contributed by atoms with Crippen molar-refractivity contribution in [1.29, 1.82) is 0 Å². The Bertz CT molecular complexity index is 827. The Morgan fingerprint density at radius 2 is 1.62 bits per heavy atom. The number of carbonyl (C=O) groups is 2. The molecular weight excluding hydrogens is 381 g/mol. The third-order valence-electron chi connectivity index (χ3n) is 3.64. The van der Waals surface area contributed by atoms with Crippen molar-refractivity contribution in [3.05, 3.63) is 53.8 Å². The molecule has 7 nitrogen and oxygen atoms in total. The molecule has 0 saturated heterocycles. The standard InChI is InChI=1S/C21H24FNO6/c1-3-26-18-10-9-15(13-19(18)27-4-2)21(25)23-14-20(24)29-12-11-28-17-8-6-5-7-16(17)22/h5-10,13H,3-4,11-12,14H2,1-2H3,(H,23,25). The van der Waals surface area contributed by atoms with E-state index in [2.05, 4.69) is 5.32 Å². The summed E-state index contributed by atoms with van der Waals surface area (Å²) in [4.78, 5) is 24.0. The first kappa shape index (κ1) is 22.0. The van der Waals surface area contributed by atoms with E-state index in [9.17, 15) is 14.0 Å². The van der Waals surface area contributed by atoms with Crippen molar-refractivity contribution in [3.8, 4) is 17.2 Å². The van der Waals surface area contributed by atoms with E-state index in [1.165, 1.54) is 12.1 Å². The zero-order valence-electron chi connectivity index (χ0n) is 16.4. The summed E-state index contributed by atoms with van der Waals surface area (Å²) in [7, 11) is 0. The van der Waals surface area contributed by atoms with Crippen LogP contribution in [0.1, 0.15) is 24.2 Å². The van der Waals surface area contributed by atoms with E-state index in [1.807, 2.05) is 13.8 Å². The third kappa shape index (κ3) is 6.99. The Kier molecular flexibility index (Phi) is 8.75. The van der Waals surface area contributed by atoms with Crippen LogP contribution in [0, 0.1) is 5.82 Å². The van der Waals surface area contributed by atoms with Gasteiger partial charge in [0.15, 0.2) is 23.1 Å². The molecule has 2 aromatic rings. The highest BCUT2D eigenvalue weighted by Gasteiger charge is 2.13. The van der Waals surface area contributed by atoms with E-state index < -0.39 is 17.7 Å². The van der Waals surface area contributed by atoms with Gasteiger partial charge in [-0.15, -0.1) is 0 Å².